The summed E-state index contributed by atoms with van der Waals surface area (Å²) in [5, 5.41) is 18.2. The van der Waals surface area contributed by atoms with Gasteiger partial charge in [0.25, 0.3) is 0 Å². The van der Waals surface area contributed by atoms with Crippen molar-refractivity contribution in [2.75, 3.05) is 0 Å². The standard InChI is InChI=1S/C21H21ClN4O2/c1-21(2,3)18(10-19(27)28)26-17-9-14(22)6-7-15(17)24-20(26)12-4-5-13-11-23-25-16(13)8-12/h4-9,11,18H,10H2,1-3H3,(H,23,25)(H,27,28). The monoisotopic (exact) mass is 396 g/mol. The lowest BCUT2D eigenvalue weighted by atomic mass is 9.84. The van der Waals surface area contributed by atoms with Gasteiger partial charge in [0.2, 0.25) is 0 Å². The van der Waals surface area contributed by atoms with Gasteiger partial charge in [-0.25, -0.2) is 4.98 Å². The molecule has 0 spiro atoms. The minimum atomic E-state index is -0.848. The Morgan fingerprint density at radius 1 is 1.25 bits per heavy atom. The van der Waals surface area contributed by atoms with Gasteiger partial charge in [0.05, 0.1) is 35.2 Å². The molecular weight excluding hydrogens is 376 g/mol. The van der Waals surface area contributed by atoms with Crippen molar-refractivity contribution in [1.82, 2.24) is 19.7 Å². The fraction of sp³-hybridized carbons (Fsp3) is 0.286. The van der Waals surface area contributed by atoms with Crippen molar-refractivity contribution in [2.45, 2.75) is 33.2 Å². The number of nitrogens with zero attached hydrogens (tertiary/aromatic N) is 3. The Kier molecular flexibility index (Phi) is 4.38. The lowest BCUT2D eigenvalue weighted by Gasteiger charge is -2.32. The van der Waals surface area contributed by atoms with Crippen LogP contribution in [0.25, 0.3) is 33.3 Å². The molecule has 0 radical (unpaired) electrons. The van der Waals surface area contributed by atoms with Crippen molar-refractivity contribution in [2.24, 2.45) is 5.41 Å². The highest BCUT2D eigenvalue weighted by atomic mass is 35.5. The van der Waals surface area contributed by atoms with E-state index in [9.17, 15) is 9.90 Å². The highest BCUT2D eigenvalue weighted by Crippen LogP contribution is 2.40. The number of rotatable bonds is 4. The zero-order valence-corrected chi connectivity index (χ0v) is 16.7. The molecule has 6 nitrogen and oxygen atoms in total. The number of aromatic amines is 1. The summed E-state index contributed by atoms with van der Waals surface area (Å²) in [5.41, 5.74) is 3.10. The van der Waals surface area contributed by atoms with Crippen LogP contribution in [0, 0.1) is 5.41 Å². The Morgan fingerprint density at radius 2 is 2.04 bits per heavy atom. The summed E-state index contributed by atoms with van der Waals surface area (Å²) in [7, 11) is 0. The quantitative estimate of drug-likeness (QED) is 0.490. The Bertz CT molecular complexity index is 1190. The van der Waals surface area contributed by atoms with E-state index in [0.717, 1.165) is 33.3 Å². The summed E-state index contributed by atoms with van der Waals surface area (Å²) in [5.74, 6) is -0.131. The predicted octanol–water partition coefficient (Wildman–Crippen LogP) is 5.29. The van der Waals surface area contributed by atoms with Crippen LogP contribution in [0.5, 0.6) is 0 Å². The minimum Gasteiger partial charge on any atom is -0.481 e. The molecule has 0 fully saturated rings. The molecular formula is C21H21ClN4O2. The smallest absolute Gasteiger partial charge is 0.305 e. The van der Waals surface area contributed by atoms with E-state index < -0.39 is 5.97 Å². The zero-order chi connectivity index (χ0) is 20.1. The number of carboxylic acid groups (broad SMARTS) is 1. The van der Waals surface area contributed by atoms with Gasteiger partial charge in [0, 0.05) is 16.0 Å². The first kappa shape index (κ1) is 18.5. The van der Waals surface area contributed by atoms with E-state index in [1.807, 2.05) is 55.7 Å². The van der Waals surface area contributed by atoms with Gasteiger partial charge in [-0.05, 0) is 29.7 Å². The van der Waals surface area contributed by atoms with Gasteiger partial charge in [-0.1, -0.05) is 44.5 Å². The topological polar surface area (TPSA) is 83.8 Å². The molecule has 2 aromatic heterocycles. The highest BCUT2D eigenvalue weighted by Gasteiger charge is 2.32. The molecule has 1 atom stereocenters. The molecule has 7 heteroatoms. The number of aromatic nitrogens is 4. The molecule has 0 saturated carbocycles. The number of aliphatic carboxylic acids is 1. The van der Waals surface area contributed by atoms with Gasteiger partial charge < -0.3 is 9.67 Å². The van der Waals surface area contributed by atoms with Gasteiger partial charge >= 0.3 is 5.97 Å². The summed E-state index contributed by atoms with van der Waals surface area (Å²) < 4.78 is 2.02. The van der Waals surface area contributed by atoms with Gasteiger partial charge in [-0.3, -0.25) is 9.89 Å². The molecule has 0 aliphatic heterocycles. The predicted molar refractivity (Wildman–Crippen MR) is 111 cm³/mol. The second-order valence-electron chi connectivity index (χ2n) is 8.09. The SMILES string of the molecule is CC(C)(C)C(CC(=O)O)n1c(-c2ccc3cn[nH]c3c2)nc2ccc(Cl)cc21. The second kappa shape index (κ2) is 6.63. The Labute approximate surface area is 167 Å². The van der Waals surface area contributed by atoms with E-state index in [4.69, 9.17) is 16.6 Å². The number of imidazole rings is 1. The molecule has 0 bridgehead atoms. The first-order chi connectivity index (χ1) is 13.2. The molecule has 0 saturated heterocycles. The fourth-order valence-corrected chi connectivity index (χ4v) is 3.78. The molecule has 2 heterocycles. The van der Waals surface area contributed by atoms with Crippen LogP contribution >= 0.6 is 11.6 Å². The summed E-state index contributed by atoms with van der Waals surface area (Å²) in [6.07, 6.45) is 1.75. The molecule has 2 N–H and O–H groups in total. The van der Waals surface area contributed by atoms with Crippen LogP contribution < -0.4 is 0 Å². The van der Waals surface area contributed by atoms with E-state index >= 15 is 0 Å². The van der Waals surface area contributed by atoms with Crippen LogP contribution in [0.2, 0.25) is 5.02 Å². The Balaban J connectivity index is 2.02. The molecule has 0 aliphatic carbocycles. The van der Waals surface area contributed by atoms with Crippen LogP contribution in [0.1, 0.15) is 33.2 Å². The minimum absolute atomic E-state index is 0.0131. The van der Waals surface area contributed by atoms with Gasteiger partial charge in [-0.2, -0.15) is 5.10 Å². The third-order valence-electron chi connectivity index (χ3n) is 5.03. The van der Waals surface area contributed by atoms with Crippen molar-refractivity contribution < 1.29 is 9.90 Å². The fourth-order valence-electron chi connectivity index (χ4n) is 3.61. The van der Waals surface area contributed by atoms with E-state index in [1.165, 1.54) is 0 Å². The van der Waals surface area contributed by atoms with E-state index in [2.05, 4.69) is 10.2 Å². The molecule has 0 amide bonds. The molecule has 4 rings (SSSR count). The molecule has 0 aliphatic rings. The van der Waals surface area contributed by atoms with Crippen LogP contribution in [-0.2, 0) is 4.79 Å². The van der Waals surface area contributed by atoms with Gasteiger partial charge in [-0.15, -0.1) is 0 Å². The lowest BCUT2D eigenvalue weighted by molar-refractivity contribution is -0.138. The summed E-state index contributed by atoms with van der Waals surface area (Å²) in [4.78, 5) is 16.5. The highest BCUT2D eigenvalue weighted by molar-refractivity contribution is 6.31. The Morgan fingerprint density at radius 3 is 2.75 bits per heavy atom. The number of fused-ring (bicyclic) bond motifs is 2. The van der Waals surface area contributed by atoms with Crippen molar-refractivity contribution in [3.8, 4) is 11.4 Å². The zero-order valence-electron chi connectivity index (χ0n) is 15.9. The molecule has 144 valence electrons. The third kappa shape index (κ3) is 3.24. The van der Waals surface area contributed by atoms with Crippen LogP contribution in [-0.4, -0.2) is 30.8 Å². The maximum Gasteiger partial charge on any atom is 0.305 e. The number of halogens is 1. The van der Waals surface area contributed by atoms with Gasteiger partial charge in [0.1, 0.15) is 5.82 Å². The summed E-state index contributed by atoms with van der Waals surface area (Å²) >= 11 is 6.26. The van der Waals surface area contributed by atoms with Crippen molar-refractivity contribution >= 4 is 39.5 Å². The van der Waals surface area contributed by atoms with Crippen molar-refractivity contribution in [1.29, 1.82) is 0 Å². The van der Waals surface area contributed by atoms with E-state index in [-0.39, 0.29) is 17.9 Å². The summed E-state index contributed by atoms with van der Waals surface area (Å²) in [6.45, 7) is 6.12. The third-order valence-corrected chi connectivity index (χ3v) is 5.27. The van der Waals surface area contributed by atoms with Crippen molar-refractivity contribution in [3.05, 3.63) is 47.6 Å². The number of H-pyrrole nitrogens is 1. The Hall–Kier alpha value is -2.86. The average molecular weight is 397 g/mol. The van der Waals surface area contributed by atoms with Crippen LogP contribution in [0.3, 0.4) is 0 Å². The van der Waals surface area contributed by atoms with E-state index in [1.54, 1.807) is 12.3 Å². The van der Waals surface area contributed by atoms with E-state index in [0.29, 0.717) is 5.02 Å². The maximum absolute atomic E-state index is 11.7. The van der Waals surface area contributed by atoms with Gasteiger partial charge in [0.15, 0.2) is 0 Å². The van der Waals surface area contributed by atoms with Crippen LogP contribution in [0.15, 0.2) is 42.6 Å². The summed E-state index contributed by atoms with van der Waals surface area (Å²) in [6, 6.07) is 11.2. The number of carbonyl (C=O) groups is 1. The maximum atomic E-state index is 11.7. The van der Waals surface area contributed by atoms with Crippen LogP contribution in [0.4, 0.5) is 0 Å². The molecule has 4 aromatic rings. The number of benzene rings is 2. The average Bonchev–Trinajstić information content (AvgIpc) is 3.21. The number of carboxylic acids is 1. The first-order valence-corrected chi connectivity index (χ1v) is 9.44. The number of hydrogen-bond acceptors (Lipinski definition) is 3. The number of hydrogen-bond donors (Lipinski definition) is 2. The first-order valence-electron chi connectivity index (χ1n) is 9.07. The molecule has 1 unspecified atom stereocenters. The number of nitrogens with one attached hydrogen (secondary N) is 1. The lowest BCUT2D eigenvalue weighted by Crippen LogP contribution is -2.27. The normalized spacial score (nSPS) is 13.3. The second-order valence-corrected chi connectivity index (χ2v) is 8.53. The van der Waals surface area contributed by atoms with Crippen molar-refractivity contribution in [3.63, 3.8) is 0 Å². The molecule has 28 heavy (non-hydrogen) atoms. The largest absolute Gasteiger partial charge is 0.481 e. The molecule has 2 aromatic carbocycles.